The van der Waals surface area contributed by atoms with Crippen molar-refractivity contribution in [3.8, 4) is 0 Å². The van der Waals surface area contributed by atoms with Crippen LogP contribution >= 0.6 is 0 Å². The smallest absolute Gasteiger partial charge is 0.146 e. The third kappa shape index (κ3) is 0.975. The van der Waals surface area contributed by atoms with E-state index in [9.17, 15) is 4.39 Å². The van der Waals surface area contributed by atoms with Crippen LogP contribution in [0, 0.1) is 5.82 Å². The van der Waals surface area contributed by atoms with Gasteiger partial charge in [0.1, 0.15) is 5.82 Å². The summed E-state index contributed by atoms with van der Waals surface area (Å²) in [5.41, 5.74) is 7.18. The van der Waals surface area contributed by atoms with E-state index in [0.29, 0.717) is 12.2 Å². The predicted octanol–water partition coefficient (Wildman–Crippen LogP) is 1.29. The summed E-state index contributed by atoms with van der Waals surface area (Å²) in [6.07, 6.45) is 0. The van der Waals surface area contributed by atoms with Crippen molar-refractivity contribution >= 4 is 5.69 Å². The number of nitrogens with two attached hydrogens (primary N) is 1. The minimum Gasteiger partial charge on any atom is -0.382 e. The molecule has 1 aromatic carbocycles. The fourth-order valence-electron chi connectivity index (χ4n) is 1.61. The van der Waals surface area contributed by atoms with Gasteiger partial charge in [-0.25, -0.2) is 4.39 Å². The fourth-order valence-corrected chi connectivity index (χ4v) is 1.61. The van der Waals surface area contributed by atoms with Crippen LogP contribution in [0.25, 0.3) is 0 Å². The molecule has 1 heterocycles. The lowest BCUT2D eigenvalue weighted by molar-refractivity contribution is 0.631. The highest BCUT2D eigenvalue weighted by Crippen LogP contribution is 2.32. The van der Waals surface area contributed by atoms with E-state index in [4.69, 9.17) is 5.73 Å². The Morgan fingerprint density at radius 2 is 2.42 bits per heavy atom. The molecular formula is C9H11FN2. The van der Waals surface area contributed by atoms with E-state index < -0.39 is 0 Å². The Balaban J connectivity index is 2.46. The second-order valence-corrected chi connectivity index (χ2v) is 3.02. The first-order valence-corrected chi connectivity index (χ1v) is 4.05. The van der Waals surface area contributed by atoms with Crippen LogP contribution in [0.4, 0.5) is 10.1 Å². The molecule has 3 N–H and O–H groups in total. The number of hydrogen-bond acceptors (Lipinski definition) is 2. The van der Waals surface area contributed by atoms with Crippen LogP contribution < -0.4 is 11.1 Å². The number of para-hydroxylation sites is 1. The van der Waals surface area contributed by atoms with Crippen LogP contribution in [0.1, 0.15) is 11.5 Å². The van der Waals surface area contributed by atoms with Crippen molar-refractivity contribution < 1.29 is 4.39 Å². The van der Waals surface area contributed by atoms with E-state index in [1.165, 1.54) is 6.07 Å². The molecule has 0 aromatic heterocycles. The quantitative estimate of drug-likeness (QED) is 0.659. The Hall–Kier alpha value is -1.09. The number of hydrogen-bond donors (Lipinski definition) is 2. The molecule has 0 radical (unpaired) electrons. The van der Waals surface area contributed by atoms with Gasteiger partial charge in [0.2, 0.25) is 0 Å². The highest BCUT2D eigenvalue weighted by atomic mass is 19.1. The van der Waals surface area contributed by atoms with E-state index >= 15 is 0 Å². The van der Waals surface area contributed by atoms with Crippen molar-refractivity contribution in [2.24, 2.45) is 5.73 Å². The largest absolute Gasteiger partial charge is 0.382 e. The molecule has 1 aromatic rings. The molecule has 1 atom stereocenters. The van der Waals surface area contributed by atoms with E-state index in [2.05, 4.69) is 5.32 Å². The molecule has 2 rings (SSSR count). The monoisotopic (exact) mass is 166 g/mol. The van der Waals surface area contributed by atoms with Gasteiger partial charge in [0.05, 0.1) is 5.69 Å². The molecule has 0 fully saturated rings. The lowest BCUT2D eigenvalue weighted by Crippen LogP contribution is -2.13. The molecule has 2 nitrogen and oxygen atoms in total. The standard InChI is InChI=1S/C9H11FN2/c10-8-3-1-2-7-6(4-11)5-12-9(7)8/h1-3,6,12H,4-5,11H2. The van der Waals surface area contributed by atoms with Gasteiger partial charge in [-0.15, -0.1) is 0 Å². The van der Waals surface area contributed by atoms with Gasteiger partial charge in [0.25, 0.3) is 0 Å². The molecule has 64 valence electrons. The molecule has 1 aliphatic heterocycles. The zero-order valence-corrected chi connectivity index (χ0v) is 6.68. The van der Waals surface area contributed by atoms with Crippen molar-refractivity contribution in [3.05, 3.63) is 29.6 Å². The molecule has 3 heteroatoms. The third-order valence-electron chi connectivity index (χ3n) is 2.30. The van der Waals surface area contributed by atoms with Gasteiger partial charge in [-0.05, 0) is 11.6 Å². The second-order valence-electron chi connectivity index (χ2n) is 3.02. The van der Waals surface area contributed by atoms with Crippen LogP contribution in [-0.2, 0) is 0 Å². The Kier molecular flexibility index (Phi) is 1.73. The van der Waals surface area contributed by atoms with Gasteiger partial charge in [-0.2, -0.15) is 0 Å². The molecule has 0 aliphatic carbocycles. The summed E-state index contributed by atoms with van der Waals surface area (Å²) in [7, 11) is 0. The lowest BCUT2D eigenvalue weighted by atomic mass is 10.0. The molecule has 0 amide bonds. The van der Waals surface area contributed by atoms with E-state index in [0.717, 1.165) is 12.1 Å². The van der Waals surface area contributed by atoms with Crippen LogP contribution in [0.15, 0.2) is 18.2 Å². The van der Waals surface area contributed by atoms with Gasteiger partial charge in [0.15, 0.2) is 0 Å². The molecule has 12 heavy (non-hydrogen) atoms. The highest BCUT2D eigenvalue weighted by Gasteiger charge is 2.22. The molecule has 0 saturated heterocycles. The van der Waals surface area contributed by atoms with Gasteiger partial charge < -0.3 is 11.1 Å². The van der Waals surface area contributed by atoms with Gasteiger partial charge >= 0.3 is 0 Å². The molecule has 0 spiro atoms. The second kappa shape index (κ2) is 2.75. The third-order valence-corrected chi connectivity index (χ3v) is 2.30. The predicted molar refractivity (Wildman–Crippen MR) is 46.7 cm³/mol. The van der Waals surface area contributed by atoms with Crippen molar-refractivity contribution in [2.45, 2.75) is 5.92 Å². The van der Waals surface area contributed by atoms with Crippen molar-refractivity contribution in [1.29, 1.82) is 0 Å². The van der Waals surface area contributed by atoms with Crippen LogP contribution in [-0.4, -0.2) is 13.1 Å². The molecule has 0 saturated carbocycles. The van der Waals surface area contributed by atoms with Gasteiger partial charge in [-0.3, -0.25) is 0 Å². The number of rotatable bonds is 1. The van der Waals surface area contributed by atoms with Crippen LogP contribution in [0.2, 0.25) is 0 Å². The van der Waals surface area contributed by atoms with Crippen molar-refractivity contribution in [1.82, 2.24) is 0 Å². The maximum atomic E-state index is 13.1. The highest BCUT2D eigenvalue weighted by molar-refractivity contribution is 5.58. The Morgan fingerprint density at radius 3 is 3.17 bits per heavy atom. The topological polar surface area (TPSA) is 38.0 Å². The minimum absolute atomic E-state index is 0.177. The summed E-state index contributed by atoms with van der Waals surface area (Å²) in [5, 5.41) is 3.01. The number of nitrogens with one attached hydrogen (secondary N) is 1. The lowest BCUT2D eigenvalue weighted by Gasteiger charge is -2.04. The Morgan fingerprint density at radius 1 is 1.58 bits per heavy atom. The normalized spacial score (nSPS) is 20.3. The number of fused-ring (bicyclic) bond motifs is 1. The Labute approximate surface area is 70.6 Å². The number of anilines is 1. The van der Waals surface area contributed by atoms with Gasteiger partial charge in [-0.1, -0.05) is 12.1 Å². The fraction of sp³-hybridized carbons (Fsp3) is 0.333. The Bertz CT molecular complexity index is 299. The summed E-state index contributed by atoms with van der Waals surface area (Å²) in [4.78, 5) is 0. The average molecular weight is 166 g/mol. The molecule has 1 aliphatic rings. The number of benzene rings is 1. The first-order chi connectivity index (χ1) is 5.83. The number of halogens is 1. The zero-order valence-electron chi connectivity index (χ0n) is 6.68. The first-order valence-electron chi connectivity index (χ1n) is 4.05. The summed E-state index contributed by atoms with van der Waals surface area (Å²) >= 11 is 0. The maximum absolute atomic E-state index is 13.1. The van der Waals surface area contributed by atoms with Crippen molar-refractivity contribution in [3.63, 3.8) is 0 Å². The zero-order chi connectivity index (χ0) is 8.55. The summed E-state index contributed by atoms with van der Waals surface area (Å²) in [6.45, 7) is 1.33. The first kappa shape index (κ1) is 7.55. The SMILES string of the molecule is NCC1CNc2c(F)cccc21. The molecule has 0 bridgehead atoms. The minimum atomic E-state index is -0.177. The average Bonchev–Trinajstić information content (AvgIpc) is 2.49. The van der Waals surface area contributed by atoms with Crippen molar-refractivity contribution in [2.75, 3.05) is 18.4 Å². The van der Waals surface area contributed by atoms with Crippen LogP contribution in [0.3, 0.4) is 0 Å². The van der Waals surface area contributed by atoms with E-state index in [1.54, 1.807) is 6.07 Å². The maximum Gasteiger partial charge on any atom is 0.146 e. The molecular weight excluding hydrogens is 155 g/mol. The van der Waals surface area contributed by atoms with Crippen LogP contribution in [0.5, 0.6) is 0 Å². The summed E-state index contributed by atoms with van der Waals surface area (Å²) in [5.74, 6) is 0.0964. The van der Waals surface area contributed by atoms with Gasteiger partial charge in [0, 0.05) is 19.0 Å². The van der Waals surface area contributed by atoms with E-state index in [-0.39, 0.29) is 11.7 Å². The molecule has 1 unspecified atom stereocenters. The summed E-state index contributed by atoms with van der Waals surface area (Å²) < 4.78 is 13.1. The summed E-state index contributed by atoms with van der Waals surface area (Å²) in [6, 6.07) is 5.12. The van der Waals surface area contributed by atoms with E-state index in [1.807, 2.05) is 6.07 Å².